The summed E-state index contributed by atoms with van der Waals surface area (Å²) in [5.41, 5.74) is 2.07. The number of esters is 1. The first kappa shape index (κ1) is 19.0. The Morgan fingerprint density at radius 3 is 2.93 bits per heavy atom. The predicted molar refractivity (Wildman–Crippen MR) is 106 cm³/mol. The van der Waals surface area contributed by atoms with Crippen molar-refractivity contribution < 1.29 is 29.6 Å². The summed E-state index contributed by atoms with van der Waals surface area (Å²) in [5.74, 6) is -0.776. The van der Waals surface area contributed by atoms with Crippen molar-refractivity contribution in [2.45, 2.75) is 31.6 Å². The van der Waals surface area contributed by atoms with E-state index in [4.69, 9.17) is 14.5 Å². The number of aromatic nitrogens is 2. The maximum absolute atomic E-state index is 12.3. The highest BCUT2D eigenvalue weighted by molar-refractivity contribution is 5.87. The van der Waals surface area contributed by atoms with E-state index in [1.807, 2.05) is 30.3 Å². The average Bonchev–Trinajstić information content (AvgIpc) is 3.12. The number of rotatable bonds is 4. The highest BCUT2D eigenvalue weighted by Crippen LogP contribution is 2.37. The maximum Gasteiger partial charge on any atom is 0.342 e. The molecule has 3 N–H and O–H groups in total. The Labute approximate surface area is 172 Å². The summed E-state index contributed by atoms with van der Waals surface area (Å²) in [6, 6.07) is 7.72. The fourth-order valence-electron chi connectivity index (χ4n) is 4.54. The lowest BCUT2D eigenvalue weighted by Gasteiger charge is -2.35. The zero-order valence-electron chi connectivity index (χ0n) is 16.5. The summed E-state index contributed by atoms with van der Waals surface area (Å²) in [6.07, 6.45) is 1.70. The van der Waals surface area contributed by atoms with E-state index in [1.54, 1.807) is 11.5 Å². The van der Waals surface area contributed by atoms with Crippen LogP contribution < -0.4 is 10.8 Å². The summed E-state index contributed by atoms with van der Waals surface area (Å²) in [6.45, 7) is 1.57. The van der Waals surface area contributed by atoms with Gasteiger partial charge in [0.15, 0.2) is 11.8 Å². The number of ether oxygens (including phenoxy) is 2. The molecule has 1 aliphatic carbocycles. The molecule has 3 heterocycles. The molecule has 8 heteroatoms. The van der Waals surface area contributed by atoms with Crippen molar-refractivity contribution in [2.24, 2.45) is 0 Å². The zero-order valence-corrected chi connectivity index (χ0v) is 16.5. The number of cyclic esters (lactones) is 1. The summed E-state index contributed by atoms with van der Waals surface area (Å²) in [7, 11) is 0. The fourth-order valence-corrected chi connectivity index (χ4v) is 4.54. The van der Waals surface area contributed by atoms with Gasteiger partial charge >= 0.3 is 5.97 Å². The van der Waals surface area contributed by atoms with Crippen LogP contribution in [0.1, 0.15) is 36.4 Å². The van der Waals surface area contributed by atoms with Crippen molar-refractivity contribution >= 4 is 17.8 Å². The van der Waals surface area contributed by atoms with E-state index < -0.39 is 17.8 Å². The molecule has 30 heavy (non-hydrogen) atoms. The van der Waals surface area contributed by atoms with Gasteiger partial charge in [0, 0.05) is 17.6 Å². The lowest BCUT2D eigenvalue weighted by atomic mass is 9.80. The monoisotopic (exact) mass is 410 g/mol. The molecule has 0 bridgehead atoms. The van der Waals surface area contributed by atoms with Gasteiger partial charge in [-0.25, -0.2) is 9.78 Å². The lowest BCUT2D eigenvalue weighted by molar-refractivity contribution is -0.163. The molecule has 8 nitrogen and oxygen atoms in total. The Hall–Kier alpha value is -2.94. The van der Waals surface area contributed by atoms with Crippen LogP contribution in [0.2, 0.25) is 0 Å². The highest BCUT2D eigenvalue weighted by Gasteiger charge is 2.47. The standard InChI is InChI=1S/C22H22N2O6/c1-2-22(28)15-10-16-18(19(26)14(15)11-30-21(22)27)24-17(23-16)9-12-5-3-4-6-13(12)20(24)29-8-7-25/h3-6,9,20,25-26,28H,2,7-8,10-11H2,1H3. The van der Waals surface area contributed by atoms with E-state index in [0.717, 1.165) is 11.1 Å². The Kier molecular flexibility index (Phi) is 4.32. The number of aliphatic hydroxyl groups excluding tert-OH is 2. The van der Waals surface area contributed by atoms with Gasteiger partial charge in [0.1, 0.15) is 23.2 Å². The summed E-state index contributed by atoms with van der Waals surface area (Å²) >= 11 is 0. The molecule has 0 amide bonds. The minimum atomic E-state index is -1.77. The molecule has 0 saturated carbocycles. The van der Waals surface area contributed by atoms with E-state index in [1.165, 1.54) is 0 Å². The van der Waals surface area contributed by atoms with Gasteiger partial charge in [-0.1, -0.05) is 31.2 Å². The SMILES string of the molecule is CCC1(O)C(=O)OCC2=C1Cc1nc3n(c1=C2O)C(OCCO)c1ccccc1C=3. The molecule has 0 radical (unpaired) electrons. The molecular formula is C22H22N2O6. The topological polar surface area (TPSA) is 114 Å². The van der Waals surface area contributed by atoms with Gasteiger partial charge in [-0.3, -0.25) is 4.57 Å². The average molecular weight is 410 g/mol. The second-order valence-electron chi connectivity index (χ2n) is 7.63. The van der Waals surface area contributed by atoms with Crippen LogP contribution in [-0.2, 0) is 20.7 Å². The smallest absolute Gasteiger partial charge is 0.342 e. The van der Waals surface area contributed by atoms with Gasteiger partial charge in [-0.15, -0.1) is 0 Å². The zero-order chi connectivity index (χ0) is 21.0. The molecule has 1 aromatic carbocycles. The third-order valence-corrected chi connectivity index (χ3v) is 6.07. The van der Waals surface area contributed by atoms with Crippen LogP contribution in [0.4, 0.5) is 0 Å². The number of fused-ring (bicyclic) bond motifs is 4. The van der Waals surface area contributed by atoms with Crippen molar-refractivity contribution in [2.75, 3.05) is 19.8 Å². The number of imidazole rings is 1. The van der Waals surface area contributed by atoms with Crippen LogP contribution in [0, 0.1) is 0 Å². The Balaban J connectivity index is 1.76. The molecule has 1 aromatic heterocycles. The van der Waals surface area contributed by atoms with E-state index in [-0.39, 0.29) is 38.4 Å². The van der Waals surface area contributed by atoms with Gasteiger partial charge in [0.25, 0.3) is 0 Å². The van der Waals surface area contributed by atoms with Crippen molar-refractivity contribution in [3.8, 4) is 0 Å². The van der Waals surface area contributed by atoms with Gasteiger partial charge in [-0.05, 0) is 23.6 Å². The fraction of sp³-hybridized carbons (Fsp3) is 0.364. The van der Waals surface area contributed by atoms with Crippen molar-refractivity contribution in [3.05, 3.63) is 63.1 Å². The first-order valence-electron chi connectivity index (χ1n) is 9.95. The molecule has 3 aliphatic rings. The number of benzene rings is 1. The summed E-state index contributed by atoms with van der Waals surface area (Å²) in [5, 5.41) is 31.9. The van der Waals surface area contributed by atoms with Crippen LogP contribution in [0.25, 0.3) is 11.8 Å². The van der Waals surface area contributed by atoms with Crippen molar-refractivity contribution in [3.63, 3.8) is 0 Å². The molecule has 0 saturated heterocycles. The van der Waals surface area contributed by atoms with Crippen LogP contribution in [-0.4, -0.2) is 56.3 Å². The van der Waals surface area contributed by atoms with Crippen LogP contribution in [0.5, 0.6) is 0 Å². The molecule has 2 atom stereocenters. The Morgan fingerprint density at radius 1 is 1.37 bits per heavy atom. The van der Waals surface area contributed by atoms with Crippen LogP contribution in [0.15, 0.2) is 35.4 Å². The molecule has 2 unspecified atom stereocenters. The second-order valence-corrected chi connectivity index (χ2v) is 7.63. The van der Waals surface area contributed by atoms with Crippen molar-refractivity contribution in [1.29, 1.82) is 0 Å². The first-order valence-corrected chi connectivity index (χ1v) is 9.95. The number of hydrogen-bond donors (Lipinski definition) is 3. The number of carbonyl (C=O) groups is 1. The Bertz CT molecular complexity index is 1210. The normalized spacial score (nSPS) is 24.4. The Morgan fingerprint density at radius 2 is 2.17 bits per heavy atom. The van der Waals surface area contributed by atoms with Gasteiger partial charge in [0.2, 0.25) is 0 Å². The molecule has 2 aromatic rings. The number of nitrogens with zero attached hydrogens (tertiary/aromatic N) is 2. The molecule has 2 aliphatic heterocycles. The van der Waals surface area contributed by atoms with E-state index in [9.17, 15) is 20.1 Å². The van der Waals surface area contributed by atoms with Crippen molar-refractivity contribution in [1.82, 2.24) is 9.55 Å². The minimum absolute atomic E-state index is 0.0743. The number of aliphatic hydroxyl groups is 3. The highest BCUT2D eigenvalue weighted by atomic mass is 16.6. The van der Waals surface area contributed by atoms with Gasteiger partial charge in [0.05, 0.1) is 18.9 Å². The lowest BCUT2D eigenvalue weighted by Crippen LogP contribution is -2.49. The number of hydrogen-bond acceptors (Lipinski definition) is 7. The molecule has 0 spiro atoms. The maximum atomic E-state index is 12.3. The van der Waals surface area contributed by atoms with Crippen LogP contribution in [0.3, 0.4) is 0 Å². The van der Waals surface area contributed by atoms with E-state index in [2.05, 4.69) is 0 Å². The largest absolute Gasteiger partial charge is 0.505 e. The molecular weight excluding hydrogens is 388 g/mol. The third kappa shape index (κ3) is 2.51. The molecule has 156 valence electrons. The quantitative estimate of drug-likeness (QED) is 0.598. The van der Waals surface area contributed by atoms with Crippen LogP contribution >= 0.6 is 0 Å². The number of carbonyl (C=O) groups excluding carboxylic acids is 1. The first-order chi connectivity index (χ1) is 14.5. The second kappa shape index (κ2) is 6.80. The van der Waals surface area contributed by atoms with Gasteiger partial charge < -0.3 is 24.8 Å². The molecule has 0 fully saturated rings. The minimum Gasteiger partial charge on any atom is -0.505 e. The summed E-state index contributed by atoms with van der Waals surface area (Å²) in [4.78, 5) is 17.0. The third-order valence-electron chi connectivity index (χ3n) is 6.07. The van der Waals surface area contributed by atoms with Gasteiger partial charge in [-0.2, -0.15) is 0 Å². The molecule has 5 rings (SSSR count). The predicted octanol–water partition coefficient (Wildman–Crippen LogP) is -0.202. The van der Waals surface area contributed by atoms with E-state index in [0.29, 0.717) is 27.7 Å². The summed E-state index contributed by atoms with van der Waals surface area (Å²) < 4.78 is 12.9. The van der Waals surface area contributed by atoms with E-state index >= 15 is 0 Å².